The fourth-order valence-corrected chi connectivity index (χ4v) is 4.83. The van der Waals surface area contributed by atoms with E-state index in [2.05, 4.69) is 55.8 Å². The molecule has 3 aromatic rings. The van der Waals surface area contributed by atoms with Crippen LogP contribution in [0.2, 0.25) is 0 Å². The topological polar surface area (TPSA) is 55.3 Å². The van der Waals surface area contributed by atoms with Gasteiger partial charge in [0.2, 0.25) is 0 Å². The molecule has 2 aliphatic rings. The number of hydrogen-bond donors (Lipinski definition) is 2. The van der Waals surface area contributed by atoms with Gasteiger partial charge >= 0.3 is 0 Å². The molecule has 28 heavy (non-hydrogen) atoms. The Morgan fingerprint density at radius 1 is 1.04 bits per heavy atom. The van der Waals surface area contributed by atoms with E-state index < -0.39 is 0 Å². The largest absolute Gasteiger partial charge is 0.380 e. The summed E-state index contributed by atoms with van der Waals surface area (Å²) in [7, 11) is 0. The zero-order valence-electron chi connectivity index (χ0n) is 15.7. The van der Waals surface area contributed by atoms with Gasteiger partial charge in [-0.25, -0.2) is 4.98 Å². The Labute approximate surface area is 169 Å². The predicted octanol–water partition coefficient (Wildman–Crippen LogP) is 3.81. The molecular formula is C22H23N5S. The van der Waals surface area contributed by atoms with Gasteiger partial charge in [0.15, 0.2) is 0 Å². The fraction of sp³-hybridized carbons (Fsp3) is 0.273. The van der Waals surface area contributed by atoms with Crippen molar-refractivity contribution in [2.24, 2.45) is 0 Å². The summed E-state index contributed by atoms with van der Waals surface area (Å²) in [5.74, 6) is 1.07. The molecule has 142 valence electrons. The van der Waals surface area contributed by atoms with Gasteiger partial charge in [-0.1, -0.05) is 18.2 Å². The summed E-state index contributed by atoms with van der Waals surface area (Å²) >= 11 is 1.72. The van der Waals surface area contributed by atoms with Gasteiger partial charge in [0, 0.05) is 60.6 Å². The lowest BCUT2D eigenvalue weighted by molar-refractivity contribution is 0.249. The van der Waals surface area contributed by atoms with Gasteiger partial charge in [-0.3, -0.25) is 10.3 Å². The Morgan fingerprint density at radius 2 is 1.93 bits per heavy atom. The Hall–Kier alpha value is -2.70. The van der Waals surface area contributed by atoms with E-state index in [9.17, 15) is 0 Å². The Morgan fingerprint density at radius 3 is 2.75 bits per heavy atom. The summed E-state index contributed by atoms with van der Waals surface area (Å²) in [5, 5.41) is 14.2. The van der Waals surface area contributed by atoms with Crippen molar-refractivity contribution >= 4 is 28.6 Å². The van der Waals surface area contributed by atoms with Crippen molar-refractivity contribution in [1.29, 1.82) is 5.41 Å². The molecule has 5 nitrogen and oxygen atoms in total. The van der Waals surface area contributed by atoms with Gasteiger partial charge in [0.1, 0.15) is 5.82 Å². The first-order chi connectivity index (χ1) is 13.8. The monoisotopic (exact) mass is 389 g/mol. The lowest BCUT2D eigenvalue weighted by Gasteiger charge is -2.35. The SMILES string of the molecule is N=C1c2ccc(CN3CCN(c4ccccn4)CC3)cc2NCc2sccc21. The molecule has 1 fully saturated rings. The van der Waals surface area contributed by atoms with Gasteiger partial charge in [0.05, 0.1) is 12.3 Å². The molecule has 0 saturated carbocycles. The number of rotatable bonds is 3. The van der Waals surface area contributed by atoms with E-state index in [0.29, 0.717) is 5.71 Å². The molecule has 1 saturated heterocycles. The van der Waals surface area contributed by atoms with E-state index >= 15 is 0 Å². The zero-order chi connectivity index (χ0) is 18.9. The second-order valence-electron chi connectivity index (χ2n) is 7.32. The third-order valence-corrected chi connectivity index (χ3v) is 6.48. The van der Waals surface area contributed by atoms with Gasteiger partial charge in [-0.05, 0) is 35.2 Å². The second kappa shape index (κ2) is 7.37. The maximum Gasteiger partial charge on any atom is 0.128 e. The number of nitrogens with zero attached hydrogens (tertiary/aromatic N) is 3. The normalized spacial score (nSPS) is 16.9. The number of thiophene rings is 1. The number of hydrogen-bond acceptors (Lipinski definition) is 6. The molecule has 0 amide bonds. The van der Waals surface area contributed by atoms with E-state index in [-0.39, 0.29) is 0 Å². The summed E-state index contributed by atoms with van der Waals surface area (Å²) < 4.78 is 0. The number of fused-ring (bicyclic) bond motifs is 2. The molecule has 0 unspecified atom stereocenters. The van der Waals surface area contributed by atoms with E-state index in [0.717, 1.165) is 61.9 Å². The lowest BCUT2D eigenvalue weighted by Crippen LogP contribution is -2.46. The van der Waals surface area contributed by atoms with Gasteiger partial charge in [-0.15, -0.1) is 11.3 Å². The maximum absolute atomic E-state index is 8.58. The van der Waals surface area contributed by atoms with E-state index in [1.165, 1.54) is 10.4 Å². The highest BCUT2D eigenvalue weighted by atomic mass is 32.1. The standard InChI is InChI=1S/C22H23N5S/c23-22-17-5-4-16(13-19(17)25-14-20-18(22)6-12-28-20)15-26-8-10-27(11-9-26)21-3-1-2-7-24-21/h1-7,12-13,23,25H,8-11,14-15H2. The van der Waals surface area contributed by atoms with Crippen molar-refractivity contribution in [2.75, 3.05) is 36.4 Å². The molecular weight excluding hydrogens is 366 g/mol. The molecule has 2 N–H and O–H groups in total. The highest BCUT2D eigenvalue weighted by Crippen LogP contribution is 2.30. The number of benzene rings is 1. The van der Waals surface area contributed by atoms with Crippen LogP contribution in [-0.2, 0) is 13.1 Å². The highest BCUT2D eigenvalue weighted by Gasteiger charge is 2.21. The van der Waals surface area contributed by atoms with Gasteiger partial charge in [0.25, 0.3) is 0 Å². The van der Waals surface area contributed by atoms with Crippen LogP contribution in [0.1, 0.15) is 21.6 Å². The van der Waals surface area contributed by atoms with Crippen LogP contribution in [-0.4, -0.2) is 41.8 Å². The first-order valence-electron chi connectivity index (χ1n) is 9.69. The summed E-state index contributed by atoms with van der Waals surface area (Å²) in [6, 6.07) is 14.7. The molecule has 2 aliphatic heterocycles. The number of aromatic nitrogens is 1. The van der Waals surface area contributed by atoms with Crippen molar-refractivity contribution in [3.8, 4) is 0 Å². The van der Waals surface area contributed by atoms with Crippen molar-refractivity contribution in [3.05, 3.63) is 75.6 Å². The number of piperazine rings is 1. The van der Waals surface area contributed by atoms with Crippen molar-refractivity contribution in [1.82, 2.24) is 9.88 Å². The van der Waals surface area contributed by atoms with Crippen LogP contribution in [0, 0.1) is 5.41 Å². The Balaban J connectivity index is 1.27. The van der Waals surface area contributed by atoms with Crippen LogP contribution in [0.25, 0.3) is 0 Å². The van der Waals surface area contributed by atoms with Crippen LogP contribution in [0.4, 0.5) is 11.5 Å². The smallest absolute Gasteiger partial charge is 0.128 e. The minimum Gasteiger partial charge on any atom is -0.380 e. The van der Waals surface area contributed by atoms with Crippen molar-refractivity contribution in [2.45, 2.75) is 13.1 Å². The fourth-order valence-electron chi connectivity index (χ4n) is 4.01. The van der Waals surface area contributed by atoms with Crippen LogP contribution >= 0.6 is 11.3 Å². The molecule has 0 bridgehead atoms. The zero-order valence-corrected chi connectivity index (χ0v) is 16.5. The van der Waals surface area contributed by atoms with Crippen molar-refractivity contribution < 1.29 is 0 Å². The van der Waals surface area contributed by atoms with Crippen LogP contribution in [0.3, 0.4) is 0 Å². The summed E-state index contributed by atoms with van der Waals surface area (Å²) in [6.45, 7) is 5.83. The molecule has 4 heterocycles. The third kappa shape index (κ3) is 3.30. The Bertz CT molecular complexity index is 989. The predicted molar refractivity (Wildman–Crippen MR) is 116 cm³/mol. The first-order valence-corrected chi connectivity index (χ1v) is 10.6. The quantitative estimate of drug-likeness (QED) is 0.715. The first kappa shape index (κ1) is 17.4. The van der Waals surface area contributed by atoms with Crippen LogP contribution < -0.4 is 10.2 Å². The molecule has 0 aliphatic carbocycles. The molecule has 0 radical (unpaired) electrons. The number of nitrogens with one attached hydrogen (secondary N) is 2. The summed E-state index contributed by atoms with van der Waals surface area (Å²) in [4.78, 5) is 10.6. The summed E-state index contributed by atoms with van der Waals surface area (Å²) in [6.07, 6.45) is 1.86. The molecule has 6 heteroatoms. The molecule has 1 aromatic carbocycles. The van der Waals surface area contributed by atoms with E-state index in [4.69, 9.17) is 5.41 Å². The van der Waals surface area contributed by atoms with E-state index in [1.807, 2.05) is 18.3 Å². The third-order valence-electron chi connectivity index (χ3n) is 5.56. The average Bonchev–Trinajstić information content (AvgIpc) is 3.17. The molecule has 0 atom stereocenters. The molecule has 2 aromatic heterocycles. The van der Waals surface area contributed by atoms with Crippen LogP contribution in [0.5, 0.6) is 0 Å². The summed E-state index contributed by atoms with van der Waals surface area (Å²) in [5.41, 5.74) is 5.08. The van der Waals surface area contributed by atoms with Crippen molar-refractivity contribution in [3.63, 3.8) is 0 Å². The van der Waals surface area contributed by atoms with Crippen LogP contribution in [0.15, 0.2) is 54.0 Å². The minimum atomic E-state index is 0.631. The number of pyridine rings is 1. The van der Waals surface area contributed by atoms with E-state index in [1.54, 1.807) is 11.3 Å². The van der Waals surface area contributed by atoms with Gasteiger partial charge < -0.3 is 10.2 Å². The Kier molecular flexibility index (Phi) is 4.58. The maximum atomic E-state index is 8.58. The number of anilines is 2. The molecule has 5 rings (SSSR count). The van der Waals surface area contributed by atoms with Gasteiger partial charge in [-0.2, -0.15) is 0 Å². The second-order valence-corrected chi connectivity index (χ2v) is 8.32. The highest BCUT2D eigenvalue weighted by molar-refractivity contribution is 7.10. The minimum absolute atomic E-state index is 0.631. The average molecular weight is 390 g/mol. The molecule has 0 spiro atoms. The lowest BCUT2D eigenvalue weighted by atomic mass is 10.0.